The first-order chi connectivity index (χ1) is 13.6. The van der Waals surface area contributed by atoms with Gasteiger partial charge in [0.25, 0.3) is 5.91 Å². The second-order valence-corrected chi connectivity index (χ2v) is 6.40. The topological polar surface area (TPSA) is 97.7 Å². The Balaban J connectivity index is 1.57. The molecule has 0 fully saturated rings. The van der Waals surface area contributed by atoms with Crippen molar-refractivity contribution in [2.45, 2.75) is 12.8 Å². The molecule has 0 bridgehead atoms. The molecule has 2 aromatic rings. The number of esters is 1. The van der Waals surface area contributed by atoms with Crippen LogP contribution in [0.25, 0.3) is 0 Å². The highest BCUT2D eigenvalue weighted by atomic mass is 35.5. The fourth-order valence-electron chi connectivity index (χ4n) is 2.56. The summed E-state index contributed by atoms with van der Waals surface area (Å²) in [7, 11) is 0. The van der Waals surface area contributed by atoms with Crippen molar-refractivity contribution >= 4 is 29.2 Å². The fourth-order valence-corrected chi connectivity index (χ4v) is 2.82. The molecule has 1 heterocycles. The Morgan fingerprint density at radius 3 is 2.68 bits per heavy atom. The van der Waals surface area contributed by atoms with Gasteiger partial charge in [-0.1, -0.05) is 23.7 Å². The SMILES string of the molecule is N#CCc1ccc(NC(=O)COC(=O)c2cc(Cl)c3c(c2)OCCCO3)cc1. The minimum atomic E-state index is -0.697. The Bertz CT molecular complexity index is 921. The molecule has 0 atom stereocenters. The first kappa shape index (κ1) is 19.5. The van der Waals surface area contributed by atoms with E-state index in [9.17, 15) is 9.59 Å². The summed E-state index contributed by atoms with van der Waals surface area (Å²) in [5.74, 6) is -0.411. The number of benzene rings is 2. The number of fused-ring (bicyclic) bond motifs is 1. The molecular formula is C20H17ClN2O5. The van der Waals surface area contributed by atoms with Gasteiger partial charge in [-0.2, -0.15) is 5.26 Å². The molecule has 1 aliphatic rings. The van der Waals surface area contributed by atoms with Gasteiger partial charge in [0.05, 0.1) is 36.3 Å². The second-order valence-electron chi connectivity index (χ2n) is 5.99. The predicted octanol–water partition coefficient (Wildman–Crippen LogP) is 3.36. The molecule has 28 heavy (non-hydrogen) atoms. The standard InChI is InChI=1S/C20H17ClN2O5/c21-16-10-14(11-17-19(16)27-9-1-8-26-17)20(25)28-12-18(24)23-15-4-2-13(3-5-15)6-7-22/h2-5,10-11H,1,6,8-9,12H2,(H,23,24). The molecule has 1 amide bonds. The van der Waals surface area contributed by atoms with Crippen LogP contribution in [0.5, 0.6) is 11.5 Å². The third-order valence-corrected chi connectivity index (χ3v) is 4.17. The van der Waals surface area contributed by atoms with Crippen molar-refractivity contribution < 1.29 is 23.8 Å². The number of nitrogens with zero attached hydrogens (tertiary/aromatic N) is 1. The van der Waals surface area contributed by atoms with E-state index in [1.165, 1.54) is 12.1 Å². The molecular weight excluding hydrogens is 384 g/mol. The number of amides is 1. The van der Waals surface area contributed by atoms with Crippen molar-refractivity contribution in [1.82, 2.24) is 0 Å². The average molecular weight is 401 g/mol. The largest absolute Gasteiger partial charge is 0.489 e. The molecule has 1 N–H and O–H groups in total. The van der Waals surface area contributed by atoms with Gasteiger partial charge in [0.15, 0.2) is 18.1 Å². The summed E-state index contributed by atoms with van der Waals surface area (Å²) in [6, 6.07) is 11.8. The number of ether oxygens (including phenoxy) is 3. The summed E-state index contributed by atoms with van der Waals surface area (Å²) in [6.45, 7) is 0.483. The van der Waals surface area contributed by atoms with E-state index >= 15 is 0 Å². The molecule has 0 saturated heterocycles. The molecule has 8 heteroatoms. The summed E-state index contributed by atoms with van der Waals surface area (Å²) in [5.41, 5.74) is 1.56. The van der Waals surface area contributed by atoms with Gasteiger partial charge in [-0.15, -0.1) is 0 Å². The molecule has 0 unspecified atom stereocenters. The minimum absolute atomic E-state index is 0.169. The van der Waals surface area contributed by atoms with E-state index in [0.717, 1.165) is 5.56 Å². The molecule has 1 aliphatic heterocycles. The fraction of sp³-hybridized carbons (Fsp3) is 0.250. The summed E-state index contributed by atoms with van der Waals surface area (Å²) < 4.78 is 16.1. The zero-order valence-corrected chi connectivity index (χ0v) is 15.6. The van der Waals surface area contributed by atoms with Gasteiger partial charge in [0.1, 0.15) is 0 Å². The van der Waals surface area contributed by atoms with Crippen molar-refractivity contribution in [3.8, 4) is 17.6 Å². The third-order valence-electron chi connectivity index (χ3n) is 3.89. The number of nitriles is 1. The van der Waals surface area contributed by atoms with Crippen LogP contribution in [0.2, 0.25) is 5.02 Å². The number of hydrogen-bond donors (Lipinski definition) is 1. The third kappa shape index (κ3) is 4.93. The van der Waals surface area contributed by atoms with Crippen LogP contribution in [-0.2, 0) is 16.0 Å². The van der Waals surface area contributed by atoms with E-state index in [1.54, 1.807) is 24.3 Å². The zero-order chi connectivity index (χ0) is 19.9. The van der Waals surface area contributed by atoms with Gasteiger partial charge in [-0.3, -0.25) is 4.79 Å². The lowest BCUT2D eigenvalue weighted by Gasteiger charge is -2.11. The van der Waals surface area contributed by atoms with Crippen molar-refractivity contribution in [2.24, 2.45) is 0 Å². The molecule has 7 nitrogen and oxygen atoms in total. The summed E-state index contributed by atoms with van der Waals surface area (Å²) >= 11 is 6.16. The molecule has 0 spiro atoms. The van der Waals surface area contributed by atoms with Crippen molar-refractivity contribution in [3.05, 3.63) is 52.5 Å². The van der Waals surface area contributed by atoms with Crippen molar-refractivity contribution in [3.63, 3.8) is 0 Å². The Morgan fingerprint density at radius 2 is 1.93 bits per heavy atom. The van der Waals surface area contributed by atoms with Crippen LogP contribution >= 0.6 is 11.6 Å². The highest BCUT2D eigenvalue weighted by molar-refractivity contribution is 6.32. The average Bonchev–Trinajstić information content (AvgIpc) is 2.94. The van der Waals surface area contributed by atoms with Crippen LogP contribution in [0.3, 0.4) is 0 Å². The quantitative estimate of drug-likeness (QED) is 0.773. The maximum atomic E-state index is 12.3. The summed E-state index contributed by atoms with van der Waals surface area (Å²) in [6.07, 6.45) is 1.01. The lowest BCUT2D eigenvalue weighted by atomic mass is 10.1. The number of rotatable bonds is 5. The highest BCUT2D eigenvalue weighted by Crippen LogP contribution is 2.38. The van der Waals surface area contributed by atoms with Gasteiger partial charge in [-0.05, 0) is 29.8 Å². The molecule has 144 valence electrons. The maximum Gasteiger partial charge on any atom is 0.338 e. The van der Waals surface area contributed by atoms with Gasteiger partial charge < -0.3 is 19.5 Å². The van der Waals surface area contributed by atoms with Crippen LogP contribution < -0.4 is 14.8 Å². The minimum Gasteiger partial charge on any atom is -0.489 e. The van der Waals surface area contributed by atoms with Gasteiger partial charge in [0.2, 0.25) is 0 Å². The molecule has 0 radical (unpaired) electrons. The Kier molecular flexibility index (Phi) is 6.35. The van der Waals surface area contributed by atoms with Gasteiger partial charge >= 0.3 is 5.97 Å². The molecule has 0 saturated carbocycles. The van der Waals surface area contributed by atoms with E-state index in [4.69, 9.17) is 31.1 Å². The second kappa shape index (κ2) is 9.11. The number of halogens is 1. The lowest BCUT2D eigenvalue weighted by molar-refractivity contribution is -0.119. The van der Waals surface area contributed by atoms with Crippen molar-refractivity contribution in [2.75, 3.05) is 25.1 Å². The maximum absolute atomic E-state index is 12.3. The van der Waals surface area contributed by atoms with E-state index < -0.39 is 18.5 Å². The smallest absolute Gasteiger partial charge is 0.338 e. The Morgan fingerprint density at radius 1 is 1.18 bits per heavy atom. The first-order valence-corrected chi connectivity index (χ1v) is 8.96. The normalized spacial score (nSPS) is 12.4. The highest BCUT2D eigenvalue weighted by Gasteiger charge is 2.19. The van der Waals surface area contributed by atoms with E-state index in [2.05, 4.69) is 5.32 Å². The van der Waals surface area contributed by atoms with Crippen molar-refractivity contribution in [1.29, 1.82) is 5.26 Å². The number of anilines is 1. The molecule has 0 aromatic heterocycles. The molecule has 3 rings (SSSR count). The number of hydrogen-bond acceptors (Lipinski definition) is 6. The van der Waals surface area contributed by atoms with Crippen LogP contribution in [-0.4, -0.2) is 31.7 Å². The molecule has 0 aliphatic carbocycles. The van der Waals surface area contributed by atoms with E-state index in [1.807, 2.05) is 6.07 Å². The van der Waals surface area contributed by atoms with E-state index in [-0.39, 0.29) is 10.6 Å². The first-order valence-electron chi connectivity index (χ1n) is 8.59. The number of nitrogens with one attached hydrogen (secondary N) is 1. The number of carbonyl (C=O) groups excluding carboxylic acids is 2. The Hall–Kier alpha value is -3.24. The monoisotopic (exact) mass is 400 g/mol. The Labute approximate surface area is 166 Å². The van der Waals surface area contributed by atoms with Crippen LogP contribution in [0.1, 0.15) is 22.3 Å². The van der Waals surface area contributed by atoms with E-state index in [0.29, 0.717) is 43.2 Å². The lowest BCUT2D eigenvalue weighted by Crippen LogP contribution is -2.21. The predicted molar refractivity (Wildman–Crippen MR) is 102 cm³/mol. The van der Waals surface area contributed by atoms with Gasteiger partial charge in [-0.25, -0.2) is 4.79 Å². The number of carbonyl (C=O) groups is 2. The van der Waals surface area contributed by atoms with Gasteiger partial charge in [0, 0.05) is 12.1 Å². The van der Waals surface area contributed by atoms with Crippen LogP contribution in [0.15, 0.2) is 36.4 Å². The summed E-state index contributed by atoms with van der Waals surface area (Å²) in [5, 5.41) is 11.5. The van der Waals surface area contributed by atoms with Crippen LogP contribution in [0.4, 0.5) is 5.69 Å². The zero-order valence-electron chi connectivity index (χ0n) is 14.9. The summed E-state index contributed by atoms with van der Waals surface area (Å²) in [4.78, 5) is 24.2. The molecule has 2 aromatic carbocycles. The van der Waals surface area contributed by atoms with Crippen LogP contribution in [0, 0.1) is 11.3 Å².